The van der Waals surface area contributed by atoms with Crippen LogP contribution >= 0.6 is 0 Å². The highest BCUT2D eigenvalue weighted by Gasteiger charge is 2.42. The zero-order valence-electron chi connectivity index (χ0n) is 16.2. The normalized spacial score (nSPS) is 23.8. The third kappa shape index (κ3) is 4.11. The zero-order valence-corrected chi connectivity index (χ0v) is 16.2. The number of hydrogen-bond donors (Lipinski definition) is 0. The van der Waals surface area contributed by atoms with E-state index in [9.17, 15) is 9.59 Å². The van der Waals surface area contributed by atoms with Crippen molar-refractivity contribution in [3.05, 3.63) is 83.6 Å². The van der Waals surface area contributed by atoms with Gasteiger partial charge < -0.3 is 14.2 Å². The van der Waals surface area contributed by atoms with Crippen LogP contribution in [0.2, 0.25) is 0 Å². The number of cyclic esters (lactones) is 1. The number of esters is 1. The van der Waals surface area contributed by atoms with Gasteiger partial charge in [-0.3, -0.25) is 4.90 Å². The second-order valence-corrected chi connectivity index (χ2v) is 7.18. The molecule has 2 aromatic rings. The first kappa shape index (κ1) is 19.1. The number of nitrogens with zero attached hydrogens (tertiary/aromatic N) is 1. The molecule has 1 fully saturated rings. The number of carbonyl (C=O) groups is 2. The van der Waals surface area contributed by atoms with Gasteiger partial charge in [0.05, 0.1) is 13.2 Å². The molecule has 0 unspecified atom stereocenters. The van der Waals surface area contributed by atoms with Crippen LogP contribution in [-0.4, -0.2) is 42.9 Å². The van der Waals surface area contributed by atoms with Gasteiger partial charge in [0.1, 0.15) is 6.61 Å². The molecule has 0 aromatic heterocycles. The van der Waals surface area contributed by atoms with Gasteiger partial charge in [0.25, 0.3) is 0 Å². The van der Waals surface area contributed by atoms with Crippen LogP contribution in [0.25, 0.3) is 0 Å². The molecule has 0 bridgehead atoms. The first-order chi connectivity index (χ1) is 14.2. The van der Waals surface area contributed by atoms with Gasteiger partial charge >= 0.3 is 12.1 Å². The number of ether oxygens (including phenoxy) is 3. The summed E-state index contributed by atoms with van der Waals surface area (Å²) in [6, 6.07) is 19.6. The molecule has 6 heteroatoms. The quantitative estimate of drug-likeness (QED) is 0.726. The average Bonchev–Trinajstić information content (AvgIpc) is 3.14. The van der Waals surface area contributed by atoms with E-state index in [0.29, 0.717) is 19.4 Å². The van der Waals surface area contributed by atoms with E-state index >= 15 is 0 Å². The van der Waals surface area contributed by atoms with E-state index in [1.807, 2.05) is 60.7 Å². The maximum Gasteiger partial charge on any atom is 0.413 e. The number of allylic oxidation sites excluding steroid dienone is 1. The third-order valence-electron chi connectivity index (χ3n) is 5.31. The number of methoxy groups -OCH3 is 1. The Hall–Kier alpha value is -3.28. The lowest BCUT2D eigenvalue weighted by Crippen LogP contribution is -2.46. The molecule has 3 atom stereocenters. The number of carbonyl (C=O) groups excluding carboxylic acids is 2. The summed E-state index contributed by atoms with van der Waals surface area (Å²) in [4.78, 5) is 26.4. The summed E-state index contributed by atoms with van der Waals surface area (Å²) in [6.45, 7) is 0.293. The van der Waals surface area contributed by atoms with Gasteiger partial charge in [0.2, 0.25) is 5.76 Å². The lowest BCUT2D eigenvalue weighted by atomic mass is 9.91. The average molecular weight is 393 g/mol. The van der Waals surface area contributed by atoms with Crippen molar-refractivity contribution in [3.63, 3.8) is 0 Å². The minimum atomic E-state index is -0.608. The van der Waals surface area contributed by atoms with E-state index < -0.39 is 18.3 Å². The monoisotopic (exact) mass is 393 g/mol. The summed E-state index contributed by atoms with van der Waals surface area (Å²) in [6.07, 6.45) is 1.92. The van der Waals surface area contributed by atoms with Crippen molar-refractivity contribution in [1.82, 2.24) is 4.90 Å². The van der Waals surface area contributed by atoms with Gasteiger partial charge in [-0.25, -0.2) is 9.59 Å². The van der Waals surface area contributed by atoms with Crippen LogP contribution in [0.1, 0.15) is 23.5 Å². The molecule has 0 spiro atoms. The van der Waals surface area contributed by atoms with Crippen LogP contribution < -0.4 is 0 Å². The molecule has 0 radical (unpaired) electrons. The van der Waals surface area contributed by atoms with Crippen molar-refractivity contribution in [2.75, 3.05) is 13.7 Å². The van der Waals surface area contributed by atoms with Crippen molar-refractivity contribution in [1.29, 1.82) is 0 Å². The van der Waals surface area contributed by atoms with Crippen LogP contribution in [0.4, 0.5) is 4.79 Å². The lowest BCUT2D eigenvalue weighted by Gasteiger charge is -2.36. The fraction of sp³-hybridized carbons (Fsp3) is 0.304. The SMILES string of the molecule is COC(=O)C1=C[C@@H](c2ccccc2)C[C@@H](N2C(=O)OC[C@H]2Cc2ccccc2)O1. The maximum absolute atomic E-state index is 12.6. The summed E-state index contributed by atoms with van der Waals surface area (Å²) >= 11 is 0. The Balaban J connectivity index is 1.61. The van der Waals surface area contributed by atoms with Gasteiger partial charge in [-0.2, -0.15) is 0 Å². The Kier molecular flexibility index (Phi) is 5.51. The second kappa shape index (κ2) is 8.39. The second-order valence-electron chi connectivity index (χ2n) is 7.18. The highest BCUT2D eigenvalue weighted by Crippen LogP contribution is 2.35. The molecule has 2 aromatic carbocycles. The van der Waals surface area contributed by atoms with E-state index in [1.165, 1.54) is 7.11 Å². The van der Waals surface area contributed by atoms with Crippen molar-refractivity contribution in [2.24, 2.45) is 0 Å². The fourth-order valence-electron chi connectivity index (χ4n) is 3.89. The first-order valence-corrected chi connectivity index (χ1v) is 9.66. The van der Waals surface area contributed by atoms with Crippen molar-refractivity contribution in [2.45, 2.75) is 31.0 Å². The molecular formula is C23H23NO5. The highest BCUT2D eigenvalue weighted by molar-refractivity contribution is 5.86. The zero-order chi connectivity index (χ0) is 20.2. The molecule has 2 heterocycles. The van der Waals surface area contributed by atoms with Crippen LogP contribution in [0.5, 0.6) is 0 Å². The van der Waals surface area contributed by atoms with Gasteiger partial charge in [0, 0.05) is 12.3 Å². The predicted molar refractivity (Wildman–Crippen MR) is 106 cm³/mol. The summed E-state index contributed by atoms with van der Waals surface area (Å²) in [7, 11) is 1.32. The molecule has 1 saturated heterocycles. The summed E-state index contributed by atoms with van der Waals surface area (Å²) in [5, 5.41) is 0. The Morgan fingerprint density at radius 3 is 2.48 bits per heavy atom. The van der Waals surface area contributed by atoms with Crippen LogP contribution in [0.15, 0.2) is 72.5 Å². The molecule has 2 aliphatic rings. The maximum atomic E-state index is 12.6. The van der Waals surface area contributed by atoms with Gasteiger partial charge in [-0.1, -0.05) is 60.7 Å². The Morgan fingerprint density at radius 1 is 1.10 bits per heavy atom. The van der Waals surface area contributed by atoms with Crippen LogP contribution in [0, 0.1) is 0 Å². The summed E-state index contributed by atoms with van der Waals surface area (Å²) < 4.78 is 16.1. The molecule has 0 N–H and O–H groups in total. The number of benzene rings is 2. The molecule has 4 rings (SSSR count). The van der Waals surface area contributed by atoms with E-state index in [0.717, 1.165) is 11.1 Å². The number of rotatable bonds is 5. The van der Waals surface area contributed by atoms with Gasteiger partial charge in [-0.15, -0.1) is 0 Å². The van der Waals surface area contributed by atoms with Crippen LogP contribution in [0.3, 0.4) is 0 Å². The first-order valence-electron chi connectivity index (χ1n) is 9.66. The Morgan fingerprint density at radius 2 is 1.79 bits per heavy atom. The van der Waals surface area contributed by atoms with E-state index in [1.54, 1.807) is 11.0 Å². The van der Waals surface area contributed by atoms with E-state index in [-0.39, 0.29) is 17.7 Å². The van der Waals surface area contributed by atoms with Gasteiger partial charge in [-0.05, 0) is 23.6 Å². The largest absolute Gasteiger partial charge is 0.463 e. The Bertz CT molecular complexity index is 896. The molecule has 1 amide bonds. The van der Waals surface area contributed by atoms with Crippen molar-refractivity contribution in [3.8, 4) is 0 Å². The van der Waals surface area contributed by atoms with Crippen molar-refractivity contribution < 1.29 is 23.8 Å². The lowest BCUT2D eigenvalue weighted by molar-refractivity contribution is -0.144. The molecule has 2 aliphatic heterocycles. The molecule has 29 heavy (non-hydrogen) atoms. The smallest absolute Gasteiger partial charge is 0.413 e. The van der Waals surface area contributed by atoms with Crippen molar-refractivity contribution >= 4 is 12.1 Å². The summed E-state index contributed by atoms with van der Waals surface area (Å²) in [5.74, 6) is -0.506. The molecule has 150 valence electrons. The highest BCUT2D eigenvalue weighted by atomic mass is 16.6. The fourth-order valence-corrected chi connectivity index (χ4v) is 3.89. The summed E-state index contributed by atoms with van der Waals surface area (Å²) in [5.41, 5.74) is 2.16. The molecule has 0 aliphatic carbocycles. The predicted octanol–water partition coefficient (Wildman–Crippen LogP) is 3.64. The number of amides is 1. The molecule has 0 saturated carbocycles. The third-order valence-corrected chi connectivity index (χ3v) is 5.31. The standard InChI is InChI=1S/C23H23NO5/c1-27-22(25)20-13-18(17-10-6-3-7-11-17)14-21(29-20)24-19(15-28-23(24)26)12-16-8-4-2-5-9-16/h2-11,13,18-19,21H,12,14-15H2,1H3/t18-,19-,21+/m1/s1. The Labute approximate surface area is 169 Å². The topological polar surface area (TPSA) is 65.1 Å². The minimum absolute atomic E-state index is 0.0742. The minimum Gasteiger partial charge on any atom is -0.463 e. The molecule has 6 nitrogen and oxygen atoms in total. The number of hydrogen-bond acceptors (Lipinski definition) is 5. The molecular weight excluding hydrogens is 370 g/mol. The van der Waals surface area contributed by atoms with Crippen LogP contribution in [-0.2, 0) is 25.4 Å². The van der Waals surface area contributed by atoms with E-state index in [2.05, 4.69) is 0 Å². The van der Waals surface area contributed by atoms with Gasteiger partial charge in [0.15, 0.2) is 6.23 Å². The van der Waals surface area contributed by atoms with E-state index in [4.69, 9.17) is 14.2 Å².